The summed E-state index contributed by atoms with van der Waals surface area (Å²) in [5.74, 6) is -0.603. The summed E-state index contributed by atoms with van der Waals surface area (Å²) >= 11 is 0. The molecular formula is C12H12N2O4. The molecule has 18 heavy (non-hydrogen) atoms. The van der Waals surface area contributed by atoms with E-state index in [2.05, 4.69) is 5.16 Å². The molecule has 0 bridgehead atoms. The number of aromatic carboxylic acids is 1. The van der Waals surface area contributed by atoms with Crippen molar-refractivity contribution in [1.82, 2.24) is 9.72 Å². The second-order valence-electron chi connectivity index (χ2n) is 3.96. The van der Waals surface area contributed by atoms with Crippen LogP contribution in [0.3, 0.4) is 0 Å². The van der Waals surface area contributed by atoms with Gasteiger partial charge in [-0.3, -0.25) is 4.79 Å². The number of hydrogen-bond donors (Lipinski definition) is 1. The first-order chi connectivity index (χ1) is 8.50. The average molecular weight is 248 g/mol. The summed E-state index contributed by atoms with van der Waals surface area (Å²) in [5.41, 5.74) is 0.703. The highest BCUT2D eigenvalue weighted by Crippen LogP contribution is 2.13. The Balaban J connectivity index is 2.45. The van der Waals surface area contributed by atoms with Gasteiger partial charge in [-0.2, -0.15) is 0 Å². The minimum atomic E-state index is -1.23. The van der Waals surface area contributed by atoms with E-state index in [1.54, 1.807) is 20.0 Å². The van der Waals surface area contributed by atoms with Crippen LogP contribution in [0.15, 0.2) is 27.6 Å². The summed E-state index contributed by atoms with van der Waals surface area (Å²) < 4.78 is 6.33. The molecule has 0 radical (unpaired) electrons. The van der Waals surface area contributed by atoms with Gasteiger partial charge in [0.1, 0.15) is 11.3 Å². The van der Waals surface area contributed by atoms with Crippen LogP contribution in [-0.4, -0.2) is 20.8 Å². The van der Waals surface area contributed by atoms with Crippen LogP contribution < -0.4 is 5.56 Å². The van der Waals surface area contributed by atoms with Gasteiger partial charge in [-0.25, -0.2) is 4.79 Å². The Morgan fingerprint density at radius 2 is 2.22 bits per heavy atom. The first-order valence-corrected chi connectivity index (χ1v) is 5.35. The molecule has 0 spiro atoms. The van der Waals surface area contributed by atoms with Gasteiger partial charge in [-0.1, -0.05) is 5.16 Å². The highest BCUT2D eigenvalue weighted by molar-refractivity contribution is 5.86. The van der Waals surface area contributed by atoms with Gasteiger partial charge in [-0.05, 0) is 26.0 Å². The Kier molecular flexibility index (Phi) is 3.01. The smallest absolute Gasteiger partial charge is 0.341 e. The molecular weight excluding hydrogens is 236 g/mol. The highest BCUT2D eigenvalue weighted by Gasteiger charge is 2.13. The summed E-state index contributed by atoms with van der Waals surface area (Å²) in [6.07, 6.45) is 1.54. The van der Waals surface area contributed by atoms with E-state index in [9.17, 15) is 9.59 Å². The van der Waals surface area contributed by atoms with Crippen LogP contribution in [0.1, 0.15) is 27.4 Å². The molecule has 1 N–H and O–H groups in total. The van der Waals surface area contributed by atoms with Gasteiger partial charge < -0.3 is 14.2 Å². The zero-order valence-electron chi connectivity index (χ0n) is 10.0. The zero-order valence-corrected chi connectivity index (χ0v) is 10.0. The molecule has 0 fully saturated rings. The lowest BCUT2D eigenvalue weighted by molar-refractivity contribution is 0.0694. The molecule has 0 amide bonds. The van der Waals surface area contributed by atoms with Gasteiger partial charge in [0.15, 0.2) is 0 Å². The number of carboxylic acid groups (broad SMARTS) is 1. The fraction of sp³-hybridized carbons (Fsp3) is 0.250. The van der Waals surface area contributed by atoms with E-state index in [0.29, 0.717) is 11.5 Å². The number of nitrogens with zero attached hydrogens (tertiary/aromatic N) is 2. The van der Waals surface area contributed by atoms with E-state index >= 15 is 0 Å². The van der Waals surface area contributed by atoms with Gasteiger partial charge in [0.2, 0.25) is 0 Å². The molecule has 6 heteroatoms. The maximum Gasteiger partial charge on any atom is 0.341 e. The van der Waals surface area contributed by atoms with Crippen molar-refractivity contribution in [2.75, 3.05) is 0 Å². The van der Waals surface area contributed by atoms with E-state index in [-0.39, 0.29) is 12.1 Å². The third-order valence-electron chi connectivity index (χ3n) is 2.76. The summed E-state index contributed by atoms with van der Waals surface area (Å²) in [6.45, 7) is 3.78. The van der Waals surface area contributed by atoms with E-state index in [0.717, 1.165) is 5.56 Å². The molecule has 0 aliphatic heterocycles. The van der Waals surface area contributed by atoms with Crippen molar-refractivity contribution in [3.8, 4) is 0 Å². The second-order valence-corrected chi connectivity index (χ2v) is 3.96. The molecule has 0 saturated heterocycles. The third-order valence-corrected chi connectivity index (χ3v) is 2.76. The number of rotatable bonds is 3. The van der Waals surface area contributed by atoms with Gasteiger partial charge in [-0.15, -0.1) is 0 Å². The largest absolute Gasteiger partial charge is 0.477 e. The maximum absolute atomic E-state index is 11.9. The van der Waals surface area contributed by atoms with E-state index < -0.39 is 11.5 Å². The Bertz CT molecular complexity index is 635. The Morgan fingerprint density at radius 3 is 2.78 bits per heavy atom. The minimum Gasteiger partial charge on any atom is -0.477 e. The molecule has 0 aliphatic carbocycles. The number of aryl methyl sites for hydroxylation is 2. The SMILES string of the molecule is Cc1noc(C)c1Cn1cccc(C(=O)O)c1=O. The van der Waals surface area contributed by atoms with Crippen LogP contribution in [0.5, 0.6) is 0 Å². The molecule has 0 aliphatic rings. The summed E-state index contributed by atoms with van der Waals surface area (Å²) in [6, 6.07) is 2.82. The van der Waals surface area contributed by atoms with E-state index in [1.165, 1.54) is 16.7 Å². The molecule has 6 nitrogen and oxygen atoms in total. The summed E-state index contributed by atoms with van der Waals surface area (Å²) in [7, 11) is 0. The van der Waals surface area contributed by atoms with Crippen LogP contribution in [0.4, 0.5) is 0 Å². The second kappa shape index (κ2) is 4.48. The average Bonchev–Trinajstić information content (AvgIpc) is 2.63. The van der Waals surface area contributed by atoms with Gasteiger partial charge in [0, 0.05) is 11.8 Å². The zero-order chi connectivity index (χ0) is 13.3. The molecule has 2 aromatic rings. The molecule has 0 atom stereocenters. The van der Waals surface area contributed by atoms with Crippen molar-refractivity contribution in [1.29, 1.82) is 0 Å². The standard InChI is InChI=1S/C12H12N2O4/c1-7-10(8(2)18-13-7)6-14-5-3-4-9(11(14)15)12(16)17/h3-5H,6H2,1-2H3,(H,16,17). The predicted molar refractivity (Wildman–Crippen MR) is 62.7 cm³/mol. The lowest BCUT2D eigenvalue weighted by Crippen LogP contribution is -2.26. The first kappa shape index (κ1) is 12.1. The van der Waals surface area contributed by atoms with Gasteiger partial charge >= 0.3 is 5.97 Å². The number of pyridine rings is 1. The van der Waals surface area contributed by atoms with Gasteiger partial charge in [0.25, 0.3) is 5.56 Å². The maximum atomic E-state index is 11.9. The summed E-state index contributed by atoms with van der Waals surface area (Å²) in [5, 5.41) is 12.7. The quantitative estimate of drug-likeness (QED) is 0.882. The fourth-order valence-corrected chi connectivity index (χ4v) is 1.72. The van der Waals surface area contributed by atoms with Crippen molar-refractivity contribution in [2.45, 2.75) is 20.4 Å². The molecule has 0 aromatic carbocycles. The van der Waals surface area contributed by atoms with Gasteiger partial charge in [0.05, 0.1) is 12.2 Å². The number of carbonyl (C=O) groups is 1. The number of hydrogen-bond acceptors (Lipinski definition) is 4. The predicted octanol–water partition coefficient (Wildman–Crippen LogP) is 1.20. The lowest BCUT2D eigenvalue weighted by atomic mass is 10.2. The van der Waals surface area contributed by atoms with Crippen LogP contribution in [0.25, 0.3) is 0 Å². The highest BCUT2D eigenvalue weighted by atomic mass is 16.5. The Labute approximate surface area is 102 Å². The van der Waals surface area contributed by atoms with Crippen molar-refractivity contribution in [3.63, 3.8) is 0 Å². The van der Waals surface area contributed by atoms with Crippen molar-refractivity contribution in [3.05, 3.63) is 51.3 Å². The van der Waals surface area contributed by atoms with Crippen LogP contribution in [0, 0.1) is 13.8 Å². The minimum absolute atomic E-state index is 0.246. The Hall–Kier alpha value is -2.37. The summed E-state index contributed by atoms with van der Waals surface area (Å²) in [4.78, 5) is 22.8. The normalized spacial score (nSPS) is 10.6. The van der Waals surface area contributed by atoms with Crippen molar-refractivity contribution >= 4 is 5.97 Å². The third kappa shape index (κ3) is 2.04. The number of carboxylic acids is 1. The molecule has 0 unspecified atom stereocenters. The molecule has 0 saturated carbocycles. The molecule has 2 aromatic heterocycles. The number of aromatic nitrogens is 2. The Morgan fingerprint density at radius 1 is 1.50 bits per heavy atom. The monoisotopic (exact) mass is 248 g/mol. The topological polar surface area (TPSA) is 85.3 Å². The van der Waals surface area contributed by atoms with Crippen LogP contribution in [0.2, 0.25) is 0 Å². The van der Waals surface area contributed by atoms with Crippen molar-refractivity contribution < 1.29 is 14.4 Å². The molecule has 2 rings (SSSR count). The van der Waals surface area contributed by atoms with E-state index in [1.807, 2.05) is 0 Å². The molecule has 94 valence electrons. The first-order valence-electron chi connectivity index (χ1n) is 5.35. The van der Waals surface area contributed by atoms with Crippen molar-refractivity contribution in [2.24, 2.45) is 0 Å². The van der Waals surface area contributed by atoms with E-state index in [4.69, 9.17) is 9.63 Å². The van der Waals surface area contributed by atoms with Crippen LogP contribution >= 0.6 is 0 Å². The molecule has 2 heterocycles. The van der Waals surface area contributed by atoms with Crippen LogP contribution in [-0.2, 0) is 6.54 Å². The fourth-order valence-electron chi connectivity index (χ4n) is 1.72. The lowest BCUT2D eigenvalue weighted by Gasteiger charge is -2.05.